The molecule has 0 amide bonds. The molecule has 1 aromatic carbocycles. The van der Waals surface area contributed by atoms with Gasteiger partial charge in [-0.3, -0.25) is 0 Å². The van der Waals surface area contributed by atoms with Crippen molar-refractivity contribution in [3.63, 3.8) is 0 Å². The van der Waals surface area contributed by atoms with Gasteiger partial charge in [0, 0.05) is 12.6 Å². The minimum absolute atomic E-state index is 0.264. The van der Waals surface area contributed by atoms with Gasteiger partial charge in [-0.25, -0.2) is 4.39 Å². The van der Waals surface area contributed by atoms with Crippen molar-refractivity contribution < 1.29 is 4.39 Å². The molecule has 3 heteroatoms. The van der Waals surface area contributed by atoms with Crippen molar-refractivity contribution in [2.75, 3.05) is 0 Å². The van der Waals surface area contributed by atoms with Gasteiger partial charge >= 0.3 is 0 Å². The average Bonchev–Trinajstić information content (AvgIpc) is 3.24. The van der Waals surface area contributed by atoms with E-state index in [0.717, 1.165) is 17.4 Å². The summed E-state index contributed by atoms with van der Waals surface area (Å²) in [6.07, 6.45) is 5.29. The molecule has 0 radical (unpaired) electrons. The monoisotopic (exact) mass is 244 g/mol. The maximum Gasteiger partial charge on any atom is 0.123 e. The molecule has 1 N–H and O–H groups in total. The summed E-state index contributed by atoms with van der Waals surface area (Å²) in [6, 6.07) is 7.10. The van der Waals surface area contributed by atoms with Crippen molar-refractivity contribution in [1.82, 2.24) is 5.32 Å². The van der Waals surface area contributed by atoms with Crippen molar-refractivity contribution in [3.05, 3.63) is 35.1 Å². The smallest absolute Gasteiger partial charge is 0.123 e. The van der Waals surface area contributed by atoms with Crippen LogP contribution in [-0.4, -0.2) is 6.04 Å². The van der Waals surface area contributed by atoms with Gasteiger partial charge < -0.3 is 5.32 Å². The maximum atomic E-state index is 13.2. The van der Waals surface area contributed by atoms with Crippen LogP contribution in [0.4, 0.5) is 4.39 Å². The molecule has 0 unspecified atom stereocenters. The van der Waals surface area contributed by atoms with Gasteiger partial charge in [-0.1, -0.05) is 0 Å². The van der Waals surface area contributed by atoms with Crippen LogP contribution in [0.1, 0.15) is 36.8 Å². The third-order valence-corrected chi connectivity index (χ3v) is 3.98. The molecule has 18 heavy (non-hydrogen) atoms. The lowest BCUT2D eigenvalue weighted by atomic mass is 10.0. The molecular weight excluding hydrogens is 227 g/mol. The van der Waals surface area contributed by atoms with Crippen LogP contribution in [0, 0.1) is 29.0 Å². The number of nitrogens with zero attached hydrogens (tertiary/aromatic N) is 1. The van der Waals surface area contributed by atoms with Crippen molar-refractivity contribution in [1.29, 1.82) is 5.26 Å². The van der Waals surface area contributed by atoms with Gasteiger partial charge in [0.2, 0.25) is 0 Å². The molecule has 0 aliphatic heterocycles. The lowest BCUT2D eigenvalue weighted by Crippen LogP contribution is -2.32. The van der Waals surface area contributed by atoms with E-state index in [1.165, 1.54) is 37.8 Å². The highest BCUT2D eigenvalue weighted by Crippen LogP contribution is 2.44. The molecule has 0 bridgehead atoms. The number of rotatable bonds is 5. The van der Waals surface area contributed by atoms with Crippen LogP contribution in [0.3, 0.4) is 0 Å². The first-order chi connectivity index (χ1) is 8.78. The summed E-state index contributed by atoms with van der Waals surface area (Å²) in [5.41, 5.74) is 1.36. The number of hydrogen-bond donors (Lipinski definition) is 1. The third kappa shape index (κ3) is 2.54. The lowest BCUT2D eigenvalue weighted by molar-refractivity contribution is 0.415. The van der Waals surface area contributed by atoms with Crippen molar-refractivity contribution in [3.8, 4) is 6.07 Å². The molecule has 0 spiro atoms. The topological polar surface area (TPSA) is 35.8 Å². The number of benzene rings is 1. The molecule has 0 atom stereocenters. The highest BCUT2D eigenvalue weighted by atomic mass is 19.1. The van der Waals surface area contributed by atoms with E-state index in [-0.39, 0.29) is 5.82 Å². The minimum Gasteiger partial charge on any atom is -0.309 e. The Bertz CT molecular complexity index is 472. The highest BCUT2D eigenvalue weighted by Gasteiger charge is 2.40. The molecule has 2 saturated carbocycles. The summed E-state index contributed by atoms with van der Waals surface area (Å²) in [6.45, 7) is 0.609. The predicted octanol–water partition coefficient (Wildman–Crippen LogP) is 2.98. The lowest BCUT2D eigenvalue weighted by Gasteiger charge is -2.18. The minimum atomic E-state index is -0.264. The normalized spacial score (nSPS) is 18.9. The summed E-state index contributed by atoms with van der Waals surface area (Å²) < 4.78 is 13.2. The van der Waals surface area contributed by atoms with E-state index in [4.69, 9.17) is 5.26 Å². The van der Waals surface area contributed by atoms with E-state index in [1.54, 1.807) is 6.07 Å². The van der Waals surface area contributed by atoms with Crippen LogP contribution in [0.2, 0.25) is 0 Å². The fraction of sp³-hybridized carbons (Fsp3) is 0.533. The standard InChI is InChI=1S/C15H17FN2/c16-14-6-5-12(8-17)13(7-14)9-18-15(10-1-2-10)11-3-4-11/h5-7,10-11,15,18H,1-4,9H2. The Hall–Kier alpha value is -1.40. The van der Waals surface area contributed by atoms with E-state index in [1.807, 2.05) is 0 Å². The molecule has 2 fully saturated rings. The van der Waals surface area contributed by atoms with Crippen LogP contribution in [0.15, 0.2) is 18.2 Å². The Labute approximate surface area is 107 Å². The number of hydrogen-bond acceptors (Lipinski definition) is 2. The molecule has 0 saturated heterocycles. The van der Waals surface area contributed by atoms with Crippen LogP contribution in [-0.2, 0) is 6.54 Å². The summed E-state index contributed by atoms with van der Waals surface area (Å²) in [5, 5.41) is 12.6. The van der Waals surface area contributed by atoms with Crippen LogP contribution in [0.25, 0.3) is 0 Å². The van der Waals surface area contributed by atoms with Crippen LogP contribution < -0.4 is 5.32 Å². The summed E-state index contributed by atoms with van der Waals surface area (Å²) >= 11 is 0. The van der Waals surface area contributed by atoms with Gasteiger partial charge in [-0.2, -0.15) is 5.26 Å². The fourth-order valence-electron chi connectivity index (χ4n) is 2.67. The molecule has 2 aliphatic carbocycles. The zero-order chi connectivity index (χ0) is 12.5. The molecule has 2 nitrogen and oxygen atoms in total. The fourth-order valence-corrected chi connectivity index (χ4v) is 2.67. The highest BCUT2D eigenvalue weighted by molar-refractivity contribution is 5.37. The van der Waals surface area contributed by atoms with E-state index < -0.39 is 0 Å². The first-order valence-electron chi connectivity index (χ1n) is 6.70. The number of halogens is 1. The zero-order valence-corrected chi connectivity index (χ0v) is 10.3. The molecule has 0 heterocycles. The quantitative estimate of drug-likeness (QED) is 0.864. The predicted molar refractivity (Wildman–Crippen MR) is 67.2 cm³/mol. The average molecular weight is 244 g/mol. The first-order valence-corrected chi connectivity index (χ1v) is 6.70. The second-order valence-electron chi connectivity index (χ2n) is 5.49. The first kappa shape index (κ1) is 11.7. The van der Waals surface area contributed by atoms with E-state index in [2.05, 4.69) is 11.4 Å². The number of nitriles is 1. The van der Waals surface area contributed by atoms with Gasteiger partial charge in [-0.15, -0.1) is 0 Å². The molecule has 1 aromatic rings. The summed E-state index contributed by atoms with van der Waals surface area (Å²) in [4.78, 5) is 0. The molecular formula is C15H17FN2. The largest absolute Gasteiger partial charge is 0.309 e. The van der Waals surface area contributed by atoms with Crippen molar-refractivity contribution in [2.24, 2.45) is 11.8 Å². The van der Waals surface area contributed by atoms with E-state index in [9.17, 15) is 4.39 Å². The maximum absolute atomic E-state index is 13.2. The Morgan fingerprint density at radius 3 is 2.50 bits per heavy atom. The Balaban J connectivity index is 1.68. The molecule has 3 rings (SSSR count). The van der Waals surface area contributed by atoms with Gasteiger partial charge in [-0.05, 0) is 61.3 Å². The van der Waals surface area contributed by atoms with Crippen LogP contribution >= 0.6 is 0 Å². The number of nitrogens with one attached hydrogen (secondary N) is 1. The second kappa shape index (κ2) is 4.70. The summed E-state index contributed by atoms with van der Waals surface area (Å²) in [5.74, 6) is 1.37. The summed E-state index contributed by atoms with van der Waals surface area (Å²) in [7, 11) is 0. The van der Waals surface area contributed by atoms with Gasteiger partial charge in [0.05, 0.1) is 11.6 Å². The van der Waals surface area contributed by atoms with Crippen molar-refractivity contribution >= 4 is 0 Å². The van der Waals surface area contributed by atoms with Crippen LogP contribution in [0.5, 0.6) is 0 Å². The SMILES string of the molecule is N#Cc1ccc(F)cc1CNC(C1CC1)C1CC1. The van der Waals surface area contributed by atoms with Gasteiger partial charge in [0.15, 0.2) is 0 Å². The molecule has 2 aliphatic rings. The second-order valence-corrected chi connectivity index (χ2v) is 5.49. The van der Waals surface area contributed by atoms with E-state index in [0.29, 0.717) is 18.2 Å². The van der Waals surface area contributed by atoms with Crippen molar-refractivity contribution in [2.45, 2.75) is 38.3 Å². The zero-order valence-electron chi connectivity index (χ0n) is 10.3. The Morgan fingerprint density at radius 1 is 1.28 bits per heavy atom. The molecule has 94 valence electrons. The molecule has 0 aromatic heterocycles. The Kier molecular flexibility index (Phi) is 3.05. The van der Waals surface area contributed by atoms with E-state index >= 15 is 0 Å². The van der Waals surface area contributed by atoms with Gasteiger partial charge in [0.25, 0.3) is 0 Å². The third-order valence-electron chi connectivity index (χ3n) is 3.98. The Morgan fingerprint density at radius 2 is 1.94 bits per heavy atom. The van der Waals surface area contributed by atoms with Gasteiger partial charge in [0.1, 0.15) is 5.82 Å².